The van der Waals surface area contributed by atoms with E-state index in [4.69, 9.17) is 9.84 Å². The summed E-state index contributed by atoms with van der Waals surface area (Å²) in [5.41, 5.74) is 2.89. The largest absolute Gasteiger partial charge is 0.494 e. The molecular weight excluding hydrogens is 360 g/mol. The molecule has 1 aromatic carbocycles. The first-order chi connectivity index (χ1) is 14.0. The molecule has 0 heterocycles. The Balaban J connectivity index is 2.42. The first-order valence-electron chi connectivity index (χ1n) is 10.7. The Labute approximate surface area is 176 Å². The summed E-state index contributed by atoms with van der Waals surface area (Å²) in [5.74, 6) is -0.0177. The van der Waals surface area contributed by atoms with Crippen LogP contribution in [0.5, 0.6) is 5.75 Å². The van der Waals surface area contributed by atoms with Crippen LogP contribution in [0.4, 0.5) is 0 Å². The molecule has 1 rings (SSSR count). The van der Waals surface area contributed by atoms with E-state index in [0.29, 0.717) is 5.57 Å². The highest BCUT2D eigenvalue weighted by Gasteiger charge is 1.96. The van der Waals surface area contributed by atoms with Crippen LogP contribution in [0.15, 0.2) is 65.8 Å². The van der Waals surface area contributed by atoms with Crippen molar-refractivity contribution < 1.29 is 14.6 Å². The number of allylic oxidation sites excluding steroid dienone is 6. The summed E-state index contributed by atoms with van der Waals surface area (Å²) in [6.45, 7) is 6.79. The van der Waals surface area contributed by atoms with E-state index in [1.54, 1.807) is 13.0 Å². The van der Waals surface area contributed by atoms with E-state index in [0.717, 1.165) is 29.9 Å². The number of carboxylic acid groups (broad SMARTS) is 1. The van der Waals surface area contributed by atoms with Gasteiger partial charge in [0.05, 0.1) is 6.61 Å². The van der Waals surface area contributed by atoms with E-state index >= 15 is 0 Å². The summed E-state index contributed by atoms with van der Waals surface area (Å²) in [6, 6.07) is 8.13. The fraction of sp³-hybridized carbons (Fsp3) is 0.423. The lowest BCUT2D eigenvalue weighted by atomic mass is 10.1. The first-order valence-corrected chi connectivity index (χ1v) is 10.7. The van der Waals surface area contributed by atoms with Gasteiger partial charge in [-0.1, -0.05) is 93.5 Å². The second-order valence-electron chi connectivity index (χ2n) is 7.37. The Morgan fingerprint density at radius 3 is 2.45 bits per heavy atom. The second-order valence-corrected chi connectivity index (χ2v) is 7.37. The van der Waals surface area contributed by atoms with Gasteiger partial charge in [-0.2, -0.15) is 0 Å². The Bertz CT molecular complexity index is 723. The first kappa shape index (κ1) is 24.5. The summed E-state index contributed by atoms with van der Waals surface area (Å²) in [5, 5.41) is 8.70. The van der Waals surface area contributed by atoms with Crippen LogP contribution >= 0.6 is 0 Å². The maximum atomic E-state index is 10.6. The Morgan fingerprint density at radius 2 is 1.72 bits per heavy atom. The third-order valence-corrected chi connectivity index (χ3v) is 4.48. The van der Waals surface area contributed by atoms with Gasteiger partial charge in [0.2, 0.25) is 0 Å². The highest BCUT2D eigenvalue weighted by molar-refractivity contribution is 5.81. The molecule has 0 bridgehead atoms. The molecule has 1 N–H and O–H groups in total. The zero-order chi connectivity index (χ0) is 21.3. The molecule has 0 saturated heterocycles. The predicted molar refractivity (Wildman–Crippen MR) is 123 cm³/mol. The fourth-order valence-corrected chi connectivity index (χ4v) is 2.83. The molecule has 0 aromatic heterocycles. The zero-order valence-corrected chi connectivity index (χ0v) is 18.2. The molecular formula is C26H36O3. The molecule has 0 saturated carbocycles. The predicted octanol–water partition coefficient (Wildman–Crippen LogP) is 7.36. The average Bonchev–Trinajstić information content (AvgIpc) is 2.68. The third kappa shape index (κ3) is 13.3. The Kier molecular flexibility index (Phi) is 13.0. The number of rotatable bonds is 14. The number of hydrogen-bond acceptors (Lipinski definition) is 2. The third-order valence-electron chi connectivity index (χ3n) is 4.48. The minimum absolute atomic E-state index is 0.705. The molecule has 0 aliphatic heterocycles. The molecule has 0 unspecified atom stereocenters. The van der Waals surface area contributed by atoms with Gasteiger partial charge in [0, 0.05) is 6.08 Å². The number of carbonyl (C=O) groups is 1. The number of aliphatic carboxylic acids is 1. The van der Waals surface area contributed by atoms with Crippen molar-refractivity contribution in [3.63, 3.8) is 0 Å². The highest BCUT2D eigenvalue weighted by Crippen LogP contribution is 2.16. The Morgan fingerprint density at radius 1 is 1.00 bits per heavy atom. The van der Waals surface area contributed by atoms with Crippen molar-refractivity contribution in [3.05, 3.63) is 71.4 Å². The van der Waals surface area contributed by atoms with E-state index in [2.05, 4.69) is 25.1 Å². The molecule has 3 nitrogen and oxygen atoms in total. The van der Waals surface area contributed by atoms with Gasteiger partial charge in [-0.15, -0.1) is 0 Å². The van der Waals surface area contributed by atoms with Crippen LogP contribution in [0, 0.1) is 0 Å². The van der Waals surface area contributed by atoms with Crippen LogP contribution in [0.25, 0.3) is 6.08 Å². The van der Waals surface area contributed by atoms with Gasteiger partial charge >= 0.3 is 5.97 Å². The molecule has 0 radical (unpaired) electrons. The minimum Gasteiger partial charge on any atom is -0.494 e. The summed E-state index contributed by atoms with van der Waals surface area (Å²) >= 11 is 0. The van der Waals surface area contributed by atoms with Crippen LogP contribution in [0.3, 0.4) is 0 Å². The van der Waals surface area contributed by atoms with Crippen LogP contribution in [0.1, 0.15) is 71.3 Å². The normalized spacial score (nSPS) is 12.8. The van der Waals surface area contributed by atoms with Crippen molar-refractivity contribution in [1.29, 1.82) is 0 Å². The van der Waals surface area contributed by atoms with Gasteiger partial charge in [-0.25, -0.2) is 4.79 Å². The van der Waals surface area contributed by atoms with Crippen molar-refractivity contribution in [2.45, 2.75) is 65.7 Å². The van der Waals surface area contributed by atoms with Crippen LogP contribution in [-0.2, 0) is 4.79 Å². The quantitative estimate of drug-likeness (QED) is 0.203. The van der Waals surface area contributed by atoms with Crippen molar-refractivity contribution in [3.8, 4) is 5.75 Å². The van der Waals surface area contributed by atoms with Crippen LogP contribution < -0.4 is 4.74 Å². The molecule has 3 heteroatoms. The molecule has 1 aromatic rings. The number of hydrogen-bond donors (Lipinski definition) is 1. The smallest absolute Gasteiger partial charge is 0.328 e. The number of unbranched alkanes of at least 4 members (excludes halogenated alkanes) is 6. The van der Waals surface area contributed by atoms with E-state index < -0.39 is 5.97 Å². The molecule has 158 valence electrons. The van der Waals surface area contributed by atoms with E-state index in [-0.39, 0.29) is 0 Å². The monoisotopic (exact) mass is 396 g/mol. The van der Waals surface area contributed by atoms with Crippen molar-refractivity contribution in [2.24, 2.45) is 0 Å². The molecule has 29 heavy (non-hydrogen) atoms. The van der Waals surface area contributed by atoms with Gasteiger partial charge in [0.25, 0.3) is 0 Å². The molecule has 0 fully saturated rings. The summed E-state index contributed by atoms with van der Waals surface area (Å²) in [4.78, 5) is 10.6. The fourth-order valence-electron chi connectivity index (χ4n) is 2.83. The van der Waals surface area contributed by atoms with Crippen LogP contribution in [0.2, 0.25) is 0 Å². The lowest BCUT2D eigenvalue weighted by molar-refractivity contribution is -0.131. The van der Waals surface area contributed by atoms with Crippen molar-refractivity contribution >= 4 is 12.0 Å². The molecule has 0 amide bonds. The maximum Gasteiger partial charge on any atom is 0.328 e. The highest BCUT2D eigenvalue weighted by atomic mass is 16.5. The molecule has 0 spiro atoms. The average molecular weight is 397 g/mol. The van der Waals surface area contributed by atoms with E-state index in [1.165, 1.54) is 44.6 Å². The number of ether oxygens (including phenoxy) is 1. The lowest BCUT2D eigenvalue weighted by Crippen LogP contribution is -1.97. The number of carboxylic acids is 1. The lowest BCUT2D eigenvalue weighted by Gasteiger charge is -2.07. The van der Waals surface area contributed by atoms with Gasteiger partial charge in [-0.3, -0.25) is 0 Å². The SMILES string of the molecule is CCCCCCCCCOc1cccc(C=CC(C)=CC=CC(C)=CC(=O)O)c1. The molecule has 0 aliphatic rings. The van der Waals surface area contributed by atoms with Crippen molar-refractivity contribution in [2.75, 3.05) is 6.61 Å². The summed E-state index contributed by atoms with van der Waals surface area (Å²) < 4.78 is 5.89. The number of benzene rings is 1. The Hall–Kier alpha value is -2.55. The van der Waals surface area contributed by atoms with Gasteiger partial charge < -0.3 is 9.84 Å². The van der Waals surface area contributed by atoms with Crippen LogP contribution in [-0.4, -0.2) is 17.7 Å². The van der Waals surface area contributed by atoms with E-state index in [1.807, 2.05) is 37.3 Å². The molecule has 0 atom stereocenters. The topological polar surface area (TPSA) is 46.5 Å². The summed E-state index contributed by atoms with van der Waals surface area (Å²) in [7, 11) is 0. The minimum atomic E-state index is -0.929. The van der Waals surface area contributed by atoms with E-state index in [9.17, 15) is 4.79 Å². The second kappa shape index (κ2) is 15.4. The van der Waals surface area contributed by atoms with Gasteiger partial charge in [0.15, 0.2) is 0 Å². The molecule has 0 aliphatic carbocycles. The maximum absolute atomic E-state index is 10.6. The zero-order valence-electron chi connectivity index (χ0n) is 18.2. The summed E-state index contributed by atoms with van der Waals surface area (Å²) in [6.07, 6.45) is 19.9. The van der Waals surface area contributed by atoms with Gasteiger partial charge in [0.1, 0.15) is 5.75 Å². The van der Waals surface area contributed by atoms with Gasteiger partial charge in [-0.05, 0) is 43.5 Å². The standard InChI is InChI=1S/C26H36O3/c1-4-5-6-7-8-9-10-19-29-25-16-12-15-24(21-25)18-17-22(2)13-11-14-23(3)20-26(27)28/h11-18,20-21H,4-10,19H2,1-3H3,(H,27,28). The van der Waals surface area contributed by atoms with Crippen molar-refractivity contribution in [1.82, 2.24) is 0 Å².